The molecule has 1 N–H and O–H groups in total. The van der Waals surface area contributed by atoms with Crippen LogP contribution < -0.4 is 5.43 Å². The molecule has 0 radical (unpaired) electrons. The van der Waals surface area contributed by atoms with Crippen molar-refractivity contribution >= 4 is 11.6 Å². The molecule has 0 saturated heterocycles. The summed E-state index contributed by atoms with van der Waals surface area (Å²) in [5.41, 5.74) is 7.13. The Labute approximate surface area is 137 Å². The van der Waals surface area contributed by atoms with Crippen LogP contribution >= 0.6 is 0 Å². The van der Waals surface area contributed by atoms with Crippen LogP contribution in [-0.2, 0) is 11.2 Å². The second kappa shape index (κ2) is 6.78. The lowest BCUT2D eigenvalue weighted by molar-refractivity contribution is -0.122. The Morgan fingerprint density at radius 3 is 2.48 bits per heavy atom. The monoisotopic (exact) mass is 306 g/mol. The smallest absolute Gasteiger partial charge is 0.243 e. The highest BCUT2D eigenvalue weighted by Crippen LogP contribution is 2.47. The van der Waals surface area contributed by atoms with Crippen LogP contribution in [0.3, 0.4) is 0 Å². The minimum absolute atomic E-state index is 0.0170. The molecule has 0 spiro atoms. The van der Waals surface area contributed by atoms with E-state index in [-0.39, 0.29) is 11.8 Å². The molecular formula is C20H22N2O. The first kappa shape index (κ1) is 15.5. The van der Waals surface area contributed by atoms with Gasteiger partial charge >= 0.3 is 0 Å². The van der Waals surface area contributed by atoms with E-state index in [0.29, 0.717) is 5.92 Å². The van der Waals surface area contributed by atoms with Crippen molar-refractivity contribution in [3.05, 3.63) is 71.3 Å². The third-order valence-electron chi connectivity index (χ3n) is 4.47. The molecule has 1 fully saturated rings. The Morgan fingerprint density at radius 1 is 1.13 bits per heavy atom. The Balaban J connectivity index is 1.58. The van der Waals surface area contributed by atoms with Crippen molar-refractivity contribution in [1.82, 2.24) is 5.43 Å². The van der Waals surface area contributed by atoms with Gasteiger partial charge in [0.15, 0.2) is 0 Å². The topological polar surface area (TPSA) is 41.5 Å². The molecule has 2 aromatic rings. The van der Waals surface area contributed by atoms with Crippen molar-refractivity contribution < 1.29 is 4.79 Å². The summed E-state index contributed by atoms with van der Waals surface area (Å²) >= 11 is 0. The first-order valence-electron chi connectivity index (χ1n) is 8.17. The molecule has 2 atom stereocenters. The van der Waals surface area contributed by atoms with Gasteiger partial charge in [0.05, 0.1) is 5.71 Å². The number of amides is 1. The molecular weight excluding hydrogens is 284 g/mol. The van der Waals surface area contributed by atoms with Gasteiger partial charge in [-0.05, 0) is 42.4 Å². The van der Waals surface area contributed by atoms with Gasteiger partial charge in [-0.3, -0.25) is 4.79 Å². The number of hydrogen-bond donors (Lipinski definition) is 1. The van der Waals surface area contributed by atoms with Gasteiger partial charge in [0.25, 0.3) is 0 Å². The first-order valence-corrected chi connectivity index (χ1v) is 8.17. The molecule has 0 unspecified atom stereocenters. The third kappa shape index (κ3) is 3.67. The summed E-state index contributed by atoms with van der Waals surface area (Å²) < 4.78 is 0. The van der Waals surface area contributed by atoms with E-state index in [1.54, 1.807) is 0 Å². The number of nitrogens with zero attached hydrogens (tertiary/aromatic N) is 1. The van der Waals surface area contributed by atoms with E-state index in [4.69, 9.17) is 0 Å². The number of carbonyl (C=O) groups is 1. The quantitative estimate of drug-likeness (QED) is 0.661. The van der Waals surface area contributed by atoms with E-state index in [1.807, 2.05) is 37.3 Å². The van der Waals surface area contributed by atoms with Crippen molar-refractivity contribution in [3.8, 4) is 0 Å². The molecule has 0 bridgehead atoms. The maximum absolute atomic E-state index is 12.2. The summed E-state index contributed by atoms with van der Waals surface area (Å²) in [7, 11) is 0. The average Bonchev–Trinajstić information content (AvgIpc) is 3.41. The molecule has 1 aliphatic rings. The minimum Gasteiger partial charge on any atom is -0.273 e. The molecule has 3 nitrogen and oxygen atoms in total. The molecule has 2 aromatic carbocycles. The zero-order valence-electron chi connectivity index (χ0n) is 13.6. The zero-order chi connectivity index (χ0) is 16.2. The summed E-state index contributed by atoms with van der Waals surface area (Å²) in [4.78, 5) is 12.2. The number of aryl methyl sites for hydroxylation is 1. The van der Waals surface area contributed by atoms with Gasteiger partial charge in [-0.1, -0.05) is 61.5 Å². The highest BCUT2D eigenvalue weighted by atomic mass is 16.2. The van der Waals surface area contributed by atoms with Crippen LogP contribution in [0.2, 0.25) is 0 Å². The fraction of sp³-hybridized carbons (Fsp3) is 0.300. The van der Waals surface area contributed by atoms with Crippen LogP contribution in [0.4, 0.5) is 0 Å². The van der Waals surface area contributed by atoms with Crippen molar-refractivity contribution in [2.45, 2.75) is 32.6 Å². The zero-order valence-corrected chi connectivity index (χ0v) is 13.6. The summed E-state index contributed by atoms with van der Waals surface area (Å²) in [5.74, 6) is 0.412. The van der Waals surface area contributed by atoms with Crippen molar-refractivity contribution in [2.75, 3.05) is 0 Å². The maximum Gasteiger partial charge on any atom is 0.243 e. The lowest BCUT2D eigenvalue weighted by Gasteiger charge is -2.04. The van der Waals surface area contributed by atoms with Gasteiger partial charge in [-0.25, -0.2) is 5.43 Å². The highest BCUT2D eigenvalue weighted by molar-refractivity contribution is 5.99. The fourth-order valence-corrected chi connectivity index (χ4v) is 2.82. The number of benzene rings is 2. The summed E-state index contributed by atoms with van der Waals surface area (Å²) in [6.45, 7) is 4.05. The standard InChI is InChI=1S/C20H22N2O/c1-3-15-9-11-16(12-10-15)14(2)21-22-20(23)19-13-18(19)17-7-5-4-6-8-17/h4-12,18-19H,3,13H2,1-2H3,(H,22,23)/b21-14-/t18-,19-/m1/s1. The molecule has 0 aliphatic heterocycles. The molecule has 118 valence electrons. The SMILES string of the molecule is CCc1ccc(/C(C)=N\NC(=O)[C@@H]2C[C@@H]2c2ccccc2)cc1. The molecule has 1 amide bonds. The number of carbonyl (C=O) groups excluding carboxylic acids is 1. The number of nitrogens with one attached hydrogen (secondary N) is 1. The predicted molar refractivity (Wildman–Crippen MR) is 93.5 cm³/mol. The molecule has 1 aliphatic carbocycles. The average molecular weight is 306 g/mol. The number of rotatable bonds is 5. The van der Waals surface area contributed by atoms with E-state index in [0.717, 1.165) is 24.1 Å². The Bertz CT molecular complexity index is 704. The first-order chi connectivity index (χ1) is 11.2. The van der Waals surface area contributed by atoms with Crippen LogP contribution in [0.15, 0.2) is 59.7 Å². The number of hydrazone groups is 1. The van der Waals surface area contributed by atoms with E-state index in [9.17, 15) is 4.79 Å². The fourth-order valence-electron chi connectivity index (χ4n) is 2.82. The normalized spacial score (nSPS) is 20.2. The maximum atomic E-state index is 12.2. The van der Waals surface area contributed by atoms with E-state index in [2.05, 4.69) is 41.7 Å². The van der Waals surface area contributed by atoms with Crippen LogP contribution in [0.1, 0.15) is 42.9 Å². The molecule has 1 saturated carbocycles. The third-order valence-corrected chi connectivity index (χ3v) is 4.47. The molecule has 3 heteroatoms. The molecule has 3 rings (SSSR count). The Kier molecular flexibility index (Phi) is 4.56. The highest BCUT2D eigenvalue weighted by Gasteiger charge is 2.43. The number of hydrogen-bond acceptors (Lipinski definition) is 2. The molecule has 23 heavy (non-hydrogen) atoms. The Morgan fingerprint density at radius 2 is 1.83 bits per heavy atom. The minimum atomic E-state index is 0.0170. The van der Waals surface area contributed by atoms with E-state index >= 15 is 0 Å². The molecule has 0 aromatic heterocycles. The second-order valence-electron chi connectivity index (χ2n) is 6.08. The molecule has 0 heterocycles. The Hall–Kier alpha value is -2.42. The van der Waals surface area contributed by atoms with Gasteiger partial charge in [-0.15, -0.1) is 0 Å². The lowest BCUT2D eigenvalue weighted by atomic mass is 10.1. The van der Waals surface area contributed by atoms with Gasteiger partial charge in [0.2, 0.25) is 5.91 Å². The lowest BCUT2D eigenvalue weighted by Crippen LogP contribution is -2.21. The van der Waals surface area contributed by atoms with Gasteiger partial charge in [-0.2, -0.15) is 5.10 Å². The predicted octanol–water partition coefficient (Wildman–Crippen LogP) is 3.89. The van der Waals surface area contributed by atoms with Crippen molar-refractivity contribution in [1.29, 1.82) is 0 Å². The second-order valence-corrected chi connectivity index (χ2v) is 6.08. The van der Waals surface area contributed by atoms with Gasteiger partial charge in [0.1, 0.15) is 0 Å². The van der Waals surface area contributed by atoms with Gasteiger partial charge in [0, 0.05) is 5.92 Å². The van der Waals surface area contributed by atoms with E-state index in [1.165, 1.54) is 11.1 Å². The summed E-state index contributed by atoms with van der Waals surface area (Å²) in [6, 6.07) is 18.5. The van der Waals surface area contributed by atoms with Crippen molar-refractivity contribution in [2.24, 2.45) is 11.0 Å². The summed E-state index contributed by atoms with van der Waals surface area (Å²) in [6.07, 6.45) is 1.94. The van der Waals surface area contributed by atoms with Crippen LogP contribution in [-0.4, -0.2) is 11.6 Å². The van der Waals surface area contributed by atoms with Gasteiger partial charge < -0.3 is 0 Å². The largest absolute Gasteiger partial charge is 0.273 e. The van der Waals surface area contributed by atoms with Crippen molar-refractivity contribution in [3.63, 3.8) is 0 Å². The van der Waals surface area contributed by atoms with E-state index < -0.39 is 0 Å². The van der Waals surface area contributed by atoms with Crippen LogP contribution in [0.5, 0.6) is 0 Å². The summed E-state index contributed by atoms with van der Waals surface area (Å²) in [5, 5.41) is 4.26. The van der Waals surface area contributed by atoms with Crippen LogP contribution in [0, 0.1) is 5.92 Å². The van der Waals surface area contributed by atoms with Crippen LogP contribution in [0.25, 0.3) is 0 Å².